The lowest BCUT2D eigenvalue weighted by atomic mass is 10.4. The first-order chi connectivity index (χ1) is 5.18. The van der Waals surface area contributed by atoms with Gasteiger partial charge in [-0.3, -0.25) is 4.68 Å². The monoisotopic (exact) mass is 154 g/mol. The Bertz CT molecular complexity index is 218. The second-order valence-corrected chi connectivity index (χ2v) is 2.88. The first-order valence-electron chi connectivity index (χ1n) is 3.77. The molecule has 0 radical (unpaired) electrons. The minimum Gasteiger partial charge on any atom is -0.374 e. The van der Waals surface area contributed by atoms with Crippen LogP contribution < -0.4 is 0 Å². The summed E-state index contributed by atoms with van der Waals surface area (Å²) in [6.07, 6.45) is 4.07. The van der Waals surface area contributed by atoms with E-state index in [-0.39, 0.29) is 6.10 Å². The summed E-state index contributed by atoms with van der Waals surface area (Å²) in [6.45, 7) is 4.71. The van der Waals surface area contributed by atoms with Crippen molar-refractivity contribution in [1.29, 1.82) is 0 Å². The van der Waals surface area contributed by atoms with Gasteiger partial charge in [0.15, 0.2) is 0 Å². The van der Waals surface area contributed by atoms with Crippen molar-refractivity contribution in [3.63, 3.8) is 0 Å². The molecule has 62 valence electrons. The largest absolute Gasteiger partial charge is 0.374 e. The van der Waals surface area contributed by atoms with Crippen molar-refractivity contribution in [2.45, 2.75) is 26.6 Å². The molecule has 1 aromatic rings. The molecule has 1 aromatic heterocycles. The highest BCUT2D eigenvalue weighted by atomic mass is 16.5. The average molecular weight is 154 g/mol. The molecular weight excluding hydrogens is 140 g/mol. The third-order valence-electron chi connectivity index (χ3n) is 1.34. The first-order valence-corrected chi connectivity index (χ1v) is 3.77. The second kappa shape index (κ2) is 3.53. The van der Waals surface area contributed by atoms with Crippen molar-refractivity contribution < 1.29 is 4.74 Å². The van der Waals surface area contributed by atoms with Crippen LogP contribution in [0.25, 0.3) is 0 Å². The zero-order valence-electron chi connectivity index (χ0n) is 7.24. The van der Waals surface area contributed by atoms with Crippen LogP contribution in [0.1, 0.15) is 19.4 Å². The normalized spacial score (nSPS) is 10.9. The highest BCUT2D eigenvalue weighted by Crippen LogP contribution is 2.00. The molecule has 0 aliphatic heterocycles. The van der Waals surface area contributed by atoms with Gasteiger partial charge in [0.05, 0.1) is 18.9 Å². The second-order valence-electron chi connectivity index (χ2n) is 2.88. The quantitative estimate of drug-likeness (QED) is 0.657. The van der Waals surface area contributed by atoms with Crippen LogP contribution in [0, 0.1) is 0 Å². The lowest BCUT2D eigenvalue weighted by Crippen LogP contribution is -2.01. The summed E-state index contributed by atoms with van der Waals surface area (Å²) >= 11 is 0. The Kier molecular flexibility index (Phi) is 2.65. The van der Waals surface area contributed by atoms with E-state index in [9.17, 15) is 0 Å². The van der Waals surface area contributed by atoms with E-state index < -0.39 is 0 Å². The summed E-state index contributed by atoms with van der Waals surface area (Å²) in [5.74, 6) is 0. The molecule has 0 amide bonds. The molecule has 0 bridgehead atoms. The molecule has 3 heteroatoms. The van der Waals surface area contributed by atoms with Crippen molar-refractivity contribution in [3.05, 3.63) is 18.0 Å². The lowest BCUT2D eigenvalue weighted by Gasteiger charge is -2.04. The Morgan fingerprint density at radius 3 is 2.82 bits per heavy atom. The molecule has 3 nitrogen and oxygen atoms in total. The summed E-state index contributed by atoms with van der Waals surface area (Å²) in [5, 5.41) is 4.03. The van der Waals surface area contributed by atoms with Gasteiger partial charge in [0.2, 0.25) is 0 Å². The molecule has 0 saturated heterocycles. The molecule has 0 aromatic carbocycles. The predicted molar refractivity (Wildman–Crippen MR) is 43.1 cm³/mol. The molecule has 0 fully saturated rings. The van der Waals surface area contributed by atoms with Gasteiger partial charge in [-0.2, -0.15) is 5.10 Å². The summed E-state index contributed by atoms with van der Waals surface area (Å²) in [5.41, 5.74) is 1.13. The Morgan fingerprint density at radius 2 is 2.36 bits per heavy atom. The van der Waals surface area contributed by atoms with Crippen LogP contribution in [0.5, 0.6) is 0 Å². The SMILES string of the molecule is CC(C)OCc1cnn(C)c1. The van der Waals surface area contributed by atoms with Crippen molar-refractivity contribution in [2.75, 3.05) is 0 Å². The van der Waals surface area contributed by atoms with E-state index >= 15 is 0 Å². The van der Waals surface area contributed by atoms with Gasteiger partial charge in [-0.15, -0.1) is 0 Å². The molecule has 1 rings (SSSR count). The number of aryl methyl sites for hydroxylation is 1. The number of hydrogen-bond donors (Lipinski definition) is 0. The van der Waals surface area contributed by atoms with Gasteiger partial charge in [-0.25, -0.2) is 0 Å². The summed E-state index contributed by atoms with van der Waals surface area (Å²) in [4.78, 5) is 0. The Hall–Kier alpha value is -0.830. The predicted octanol–water partition coefficient (Wildman–Crippen LogP) is 1.35. The molecule has 0 spiro atoms. The standard InChI is InChI=1S/C8H14N2O/c1-7(2)11-6-8-4-9-10(3)5-8/h4-5,7H,6H2,1-3H3. The molecule has 0 unspecified atom stereocenters. The van der Waals surface area contributed by atoms with E-state index in [0.717, 1.165) is 5.56 Å². The van der Waals surface area contributed by atoms with Gasteiger partial charge >= 0.3 is 0 Å². The highest BCUT2D eigenvalue weighted by Gasteiger charge is 1.97. The first kappa shape index (κ1) is 8.27. The van der Waals surface area contributed by atoms with Crippen LogP contribution in [0.4, 0.5) is 0 Å². The van der Waals surface area contributed by atoms with E-state index in [4.69, 9.17) is 4.74 Å². The molecule has 0 atom stereocenters. The summed E-state index contributed by atoms with van der Waals surface area (Å²) in [6, 6.07) is 0. The maximum absolute atomic E-state index is 5.39. The number of aromatic nitrogens is 2. The molecule has 1 heterocycles. The lowest BCUT2D eigenvalue weighted by molar-refractivity contribution is 0.0657. The molecule has 0 aliphatic carbocycles. The highest BCUT2D eigenvalue weighted by molar-refractivity contribution is 5.01. The molecule has 0 aliphatic rings. The van der Waals surface area contributed by atoms with Gasteiger partial charge in [0.25, 0.3) is 0 Å². The zero-order chi connectivity index (χ0) is 8.27. The van der Waals surface area contributed by atoms with E-state index in [1.807, 2.05) is 33.3 Å². The third kappa shape index (κ3) is 2.72. The van der Waals surface area contributed by atoms with Crippen LogP contribution in [-0.4, -0.2) is 15.9 Å². The summed E-state index contributed by atoms with van der Waals surface area (Å²) < 4.78 is 7.16. The van der Waals surface area contributed by atoms with Gasteiger partial charge in [0.1, 0.15) is 0 Å². The fraction of sp³-hybridized carbons (Fsp3) is 0.625. The van der Waals surface area contributed by atoms with Crippen LogP contribution in [0.15, 0.2) is 12.4 Å². The van der Waals surface area contributed by atoms with Gasteiger partial charge in [-0.05, 0) is 13.8 Å². The minimum atomic E-state index is 0.287. The molecule has 0 saturated carbocycles. The summed E-state index contributed by atoms with van der Waals surface area (Å²) in [7, 11) is 1.90. The third-order valence-corrected chi connectivity index (χ3v) is 1.34. The topological polar surface area (TPSA) is 27.1 Å². The van der Waals surface area contributed by atoms with Crippen LogP contribution in [0.2, 0.25) is 0 Å². The van der Waals surface area contributed by atoms with Crippen molar-refractivity contribution in [2.24, 2.45) is 7.05 Å². The molecule has 0 N–H and O–H groups in total. The minimum absolute atomic E-state index is 0.287. The van der Waals surface area contributed by atoms with Gasteiger partial charge in [-0.1, -0.05) is 0 Å². The Balaban J connectivity index is 2.39. The maximum atomic E-state index is 5.39. The average Bonchev–Trinajstić information content (AvgIpc) is 2.31. The van der Waals surface area contributed by atoms with Crippen LogP contribution >= 0.6 is 0 Å². The van der Waals surface area contributed by atoms with Crippen molar-refractivity contribution >= 4 is 0 Å². The van der Waals surface area contributed by atoms with Crippen molar-refractivity contribution in [1.82, 2.24) is 9.78 Å². The molecule has 11 heavy (non-hydrogen) atoms. The number of ether oxygens (including phenoxy) is 1. The Labute approximate surface area is 67.0 Å². The van der Waals surface area contributed by atoms with Gasteiger partial charge < -0.3 is 4.74 Å². The maximum Gasteiger partial charge on any atom is 0.0750 e. The zero-order valence-corrected chi connectivity index (χ0v) is 7.24. The molecular formula is C8H14N2O. The Morgan fingerprint density at radius 1 is 1.64 bits per heavy atom. The van der Waals surface area contributed by atoms with Crippen molar-refractivity contribution in [3.8, 4) is 0 Å². The number of hydrogen-bond acceptors (Lipinski definition) is 2. The van der Waals surface area contributed by atoms with Gasteiger partial charge in [0, 0.05) is 18.8 Å². The fourth-order valence-corrected chi connectivity index (χ4v) is 0.809. The van der Waals surface area contributed by atoms with Crippen LogP contribution in [-0.2, 0) is 18.4 Å². The fourth-order valence-electron chi connectivity index (χ4n) is 0.809. The number of rotatable bonds is 3. The smallest absolute Gasteiger partial charge is 0.0750 e. The van der Waals surface area contributed by atoms with E-state index in [2.05, 4.69) is 5.10 Å². The van der Waals surface area contributed by atoms with E-state index in [0.29, 0.717) is 6.61 Å². The van der Waals surface area contributed by atoms with E-state index in [1.54, 1.807) is 4.68 Å². The number of nitrogens with zero attached hydrogens (tertiary/aromatic N) is 2. The van der Waals surface area contributed by atoms with E-state index in [1.165, 1.54) is 0 Å². The van der Waals surface area contributed by atoms with Crippen LogP contribution in [0.3, 0.4) is 0 Å².